The summed E-state index contributed by atoms with van der Waals surface area (Å²) in [6.07, 6.45) is 13.2. The summed E-state index contributed by atoms with van der Waals surface area (Å²) < 4.78 is 29.7. The third-order valence-electron chi connectivity index (χ3n) is 11.2. The molecule has 2 atom stereocenters. The van der Waals surface area contributed by atoms with E-state index in [2.05, 4.69) is 134 Å². The van der Waals surface area contributed by atoms with Gasteiger partial charge in [0, 0.05) is 23.5 Å². The number of rotatable bonds is 11. The van der Waals surface area contributed by atoms with Gasteiger partial charge in [-0.3, -0.25) is 0 Å². The second-order valence-electron chi connectivity index (χ2n) is 18.4. The molecule has 0 spiro atoms. The Bertz CT molecular complexity index is 1590. The summed E-state index contributed by atoms with van der Waals surface area (Å²) in [5.74, 6) is 2.00. The van der Waals surface area contributed by atoms with Gasteiger partial charge in [0.1, 0.15) is 29.1 Å². The van der Waals surface area contributed by atoms with Crippen molar-refractivity contribution in [3.8, 4) is 11.5 Å². The van der Waals surface area contributed by atoms with Crippen LogP contribution in [0.2, 0.25) is 0 Å². The molecule has 2 fully saturated rings. The first kappa shape index (κ1) is 41.0. The number of hydrogen-bond acceptors (Lipinski definition) is 3. The molecule has 2 saturated carbocycles. The smallest absolute Gasteiger partial charge is 0.127 e. The molecule has 286 valence electrons. The van der Waals surface area contributed by atoms with Crippen LogP contribution >= 0.6 is 7.92 Å². The highest BCUT2D eigenvalue weighted by Gasteiger charge is 2.40. The zero-order valence-corrected chi connectivity index (χ0v) is 36.0. The molecule has 0 aliphatic heterocycles. The summed E-state index contributed by atoms with van der Waals surface area (Å²) in [5.41, 5.74) is 7.06. The lowest BCUT2D eigenvalue weighted by Crippen LogP contribution is -2.40. The van der Waals surface area contributed by atoms with Gasteiger partial charge < -0.3 is 9.47 Å². The van der Waals surface area contributed by atoms with Gasteiger partial charge in [-0.1, -0.05) is 130 Å². The van der Waals surface area contributed by atoms with Crippen LogP contribution in [0.5, 0.6) is 11.5 Å². The Morgan fingerprint density at radius 2 is 1.27 bits per heavy atom. The van der Waals surface area contributed by atoms with Gasteiger partial charge in [0.05, 0.1) is 17.9 Å². The maximum absolute atomic E-state index is 14.7. The van der Waals surface area contributed by atoms with E-state index in [9.17, 15) is 4.21 Å². The van der Waals surface area contributed by atoms with Gasteiger partial charge in [-0.15, -0.1) is 0 Å². The molecule has 3 aromatic rings. The van der Waals surface area contributed by atoms with Gasteiger partial charge in [-0.25, -0.2) is 8.51 Å². The van der Waals surface area contributed by atoms with Crippen molar-refractivity contribution in [3.63, 3.8) is 0 Å². The van der Waals surface area contributed by atoms with Crippen LogP contribution in [0, 0.1) is 0 Å². The largest absolute Gasteiger partial charge is 0.496 e. The van der Waals surface area contributed by atoms with E-state index in [1.165, 1.54) is 97.3 Å². The fourth-order valence-corrected chi connectivity index (χ4v) is 13.9. The predicted molar refractivity (Wildman–Crippen MR) is 225 cm³/mol. The number of nitrogens with zero attached hydrogens (tertiary/aromatic N) is 1. The zero-order valence-electron chi connectivity index (χ0n) is 34.3. The van der Waals surface area contributed by atoms with Gasteiger partial charge in [-0.2, -0.15) is 0 Å². The topological polar surface area (TPSA) is 38.8 Å². The van der Waals surface area contributed by atoms with Crippen molar-refractivity contribution in [3.05, 3.63) is 88.5 Å². The summed E-state index contributed by atoms with van der Waals surface area (Å²) in [6, 6.07) is 21.9. The molecule has 0 N–H and O–H groups in total. The molecule has 6 heteroatoms. The number of methoxy groups -OCH3 is 1. The Morgan fingerprint density at radius 3 is 1.73 bits per heavy atom. The van der Waals surface area contributed by atoms with Gasteiger partial charge in [0.25, 0.3) is 0 Å². The molecule has 0 unspecified atom stereocenters. The van der Waals surface area contributed by atoms with Crippen molar-refractivity contribution in [2.75, 3.05) is 14.2 Å². The van der Waals surface area contributed by atoms with E-state index < -0.39 is 23.7 Å². The molecular formula is C46H68NO3PS. The highest BCUT2D eigenvalue weighted by atomic mass is 32.2. The Kier molecular flexibility index (Phi) is 13.5. The minimum atomic E-state index is -1.28. The second kappa shape index (κ2) is 17.1. The molecule has 0 amide bonds. The van der Waals surface area contributed by atoms with E-state index in [1.807, 2.05) is 7.11 Å². The van der Waals surface area contributed by atoms with E-state index in [1.54, 1.807) is 0 Å². The van der Waals surface area contributed by atoms with E-state index in [-0.39, 0.29) is 16.9 Å². The maximum Gasteiger partial charge on any atom is 0.127 e. The summed E-state index contributed by atoms with van der Waals surface area (Å²) in [5, 5.41) is 1.43. The second-order valence-corrected chi connectivity index (χ2v) is 23.4. The summed E-state index contributed by atoms with van der Waals surface area (Å²) in [6.45, 7) is 20.5. The number of hydrogen-bond donors (Lipinski definition) is 0. The van der Waals surface area contributed by atoms with Gasteiger partial charge in [-0.05, 0) is 103 Å². The van der Waals surface area contributed by atoms with Crippen molar-refractivity contribution in [1.29, 1.82) is 0 Å². The van der Waals surface area contributed by atoms with Crippen molar-refractivity contribution < 1.29 is 13.7 Å². The molecule has 3 aromatic carbocycles. The SMILES string of the molecule is COc1c(C(C)(C)C)cc([C@@H](c2cccc(OCc3ccccc3)c2P(C2CCCCC2)C2CCCCC2)N(C)[S@@](=O)C(C)(C)C)cc1C(C)(C)C. The number of benzene rings is 3. The number of ether oxygens (including phenoxy) is 2. The molecule has 52 heavy (non-hydrogen) atoms. The van der Waals surface area contributed by atoms with Gasteiger partial charge in [0.2, 0.25) is 0 Å². The third kappa shape index (κ3) is 9.53. The summed E-state index contributed by atoms with van der Waals surface area (Å²) in [7, 11) is 2.07. The van der Waals surface area contributed by atoms with Crippen molar-refractivity contribution in [2.45, 2.75) is 166 Å². The summed E-state index contributed by atoms with van der Waals surface area (Å²) in [4.78, 5) is 0. The van der Waals surface area contributed by atoms with E-state index in [4.69, 9.17) is 9.47 Å². The Balaban J connectivity index is 1.84. The molecular weight excluding hydrogens is 678 g/mol. The first-order chi connectivity index (χ1) is 24.5. The molecule has 0 saturated heterocycles. The molecule has 4 nitrogen and oxygen atoms in total. The average molecular weight is 746 g/mol. The minimum absolute atomic E-state index is 0.159. The zero-order chi connectivity index (χ0) is 37.8. The molecule has 0 bridgehead atoms. The van der Waals surface area contributed by atoms with Crippen LogP contribution in [0.3, 0.4) is 0 Å². The lowest BCUT2D eigenvalue weighted by molar-refractivity contribution is 0.308. The van der Waals surface area contributed by atoms with Crippen LogP contribution in [-0.2, 0) is 28.4 Å². The van der Waals surface area contributed by atoms with Crippen molar-refractivity contribution >= 4 is 24.2 Å². The maximum atomic E-state index is 14.7. The van der Waals surface area contributed by atoms with Crippen molar-refractivity contribution in [1.82, 2.24) is 4.31 Å². The highest BCUT2D eigenvalue weighted by molar-refractivity contribution is 7.84. The van der Waals surface area contributed by atoms with Crippen LogP contribution in [0.4, 0.5) is 0 Å². The fourth-order valence-electron chi connectivity index (χ4n) is 8.53. The third-order valence-corrected chi connectivity index (χ3v) is 16.5. The van der Waals surface area contributed by atoms with Crippen LogP contribution < -0.4 is 14.8 Å². The minimum Gasteiger partial charge on any atom is -0.496 e. The monoisotopic (exact) mass is 745 g/mol. The molecule has 0 heterocycles. The molecule has 2 aliphatic carbocycles. The Morgan fingerprint density at radius 1 is 0.750 bits per heavy atom. The molecule has 0 aromatic heterocycles. The molecule has 0 radical (unpaired) electrons. The van der Waals surface area contributed by atoms with Crippen LogP contribution in [0.25, 0.3) is 0 Å². The first-order valence-corrected chi connectivity index (χ1v) is 22.6. The van der Waals surface area contributed by atoms with E-state index >= 15 is 0 Å². The van der Waals surface area contributed by atoms with Crippen LogP contribution in [0.15, 0.2) is 60.7 Å². The lowest BCUT2D eigenvalue weighted by atomic mass is 9.77. The fraction of sp³-hybridized carbons (Fsp3) is 0.609. The first-order valence-electron chi connectivity index (χ1n) is 20.0. The summed E-state index contributed by atoms with van der Waals surface area (Å²) >= 11 is 0. The standard InChI is InChI=1S/C46H68NO3PS/c1-44(2,3)38-30-34(31-39(42(38)49-11)45(4,5)6)41(47(10)52(48)46(7,8)9)37-28-21-29-40(50-32-33-22-15-12-16-23-33)43(37)51(35-24-17-13-18-25-35)36-26-19-14-20-27-36/h12,15-16,21-23,28-31,35-36,41H,13-14,17-20,24-27,32H2,1-11H3/t41-,52-/m0/s1. The van der Waals surface area contributed by atoms with Gasteiger partial charge >= 0.3 is 0 Å². The van der Waals surface area contributed by atoms with E-state index in [0.29, 0.717) is 17.9 Å². The Hall–Kier alpha value is -2.20. The van der Waals surface area contributed by atoms with Crippen LogP contribution in [0.1, 0.15) is 160 Å². The van der Waals surface area contributed by atoms with Gasteiger partial charge in [0.15, 0.2) is 0 Å². The Labute approximate surface area is 321 Å². The lowest BCUT2D eigenvalue weighted by Gasteiger charge is -2.42. The highest BCUT2D eigenvalue weighted by Crippen LogP contribution is 2.58. The normalized spacial score (nSPS) is 18.1. The van der Waals surface area contributed by atoms with Crippen LogP contribution in [-0.4, -0.2) is 38.7 Å². The quantitative estimate of drug-likeness (QED) is 0.183. The van der Waals surface area contributed by atoms with Crippen molar-refractivity contribution in [2.24, 2.45) is 0 Å². The molecule has 2 aliphatic rings. The average Bonchev–Trinajstić information content (AvgIpc) is 3.11. The van der Waals surface area contributed by atoms with E-state index in [0.717, 1.165) is 11.5 Å². The predicted octanol–water partition coefficient (Wildman–Crippen LogP) is 12.1. The molecule has 5 rings (SSSR count).